The van der Waals surface area contributed by atoms with Gasteiger partial charge in [-0.3, -0.25) is 14.4 Å². The smallest absolute Gasteiger partial charge is 0.277 e. The van der Waals surface area contributed by atoms with Crippen molar-refractivity contribution >= 4 is 28.9 Å². The van der Waals surface area contributed by atoms with E-state index < -0.39 is 5.91 Å². The maximum absolute atomic E-state index is 12.1. The summed E-state index contributed by atoms with van der Waals surface area (Å²) in [6, 6.07) is 9.15. The molecule has 7 heteroatoms. The molecule has 7 nitrogen and oxygen atoms in total. The van der Waals surface area contributed by atoms with Crippen molar-refractivity contribution in [2.45, 2.75) is 0 Å². The Morgan fingerprint density at radius 2 is 1.96 bits per heavy atom. The summed E-state index contributed by atoms with van der Waals surface area (Å²) in [5, 5.41) is 2.04. The monoisotopic (exact) mass is 350 g/mol. The molecular formula is C19H18N4O3. The van der Waals surface area contributed by atoms with Gasteiger partial charge in [0.2, 0.25) is 5.91 Å². The highest BCUT2D eigenvalue weighted by molar-refractivity contribution is 5.96. The van der Waals surface area contributed by atoms with Gasteiger partial charge in [-0.05, 0) is 29.8 Å². The van der Waals surface area contributed by atoms with Crippen LogP contribution in [0.15, 0.2) is 48.8 Å². The second-order valence-electron chi connectivity index (χ2n) is 5.66. The van der Waals surface area contributed by atoms with Gasteiger partial charge in [0.15, 0.2) is 0 Å². The van der Waals surface area contributed by atoms with Gasteiger partial charge in [0, 0.05) is 47.6 Å². The molecule has 3 rings (SSSR count). The van der Waals surface area contributed by atoms with E-state index in [1.807, 2.05) is 18.2 Å². The molecule has 0 saturated heterocycles. The number of H-pyrrole nitrogens is 1. The van der Waals surface area contributed by atoms with Crippen molar-refractivity contribution in [3.05, 3.63) is 59.9 Å². The summed E-state index contributed by atoms with van der Waals surface area (Å²) in [4.78, 5) is 35.4. The lowest BCUT2D eigenvalue weighted by Crippen LogP contribution is -2.25. The van der Waals surface area contributed by atoms with Crippen molar-refractivity contribution in [1.29, 1.82) is 0 Å². The lowest BCUT2D eigenvalue weighted by atomic mass is 10.0. The van der Waals surface area contributed by atoms with E-state index in [9.17, 15) is 9.59 Å². The molecule has 0 atom stereocenters. The van der Waals surface area contributed by atoms with E-state index >= 15 is 0 Å². The SMILES string of the molecule is CON(C)C(=O)c1ccc(-c2cnc3[nH]cc(C=CC(N)=O)c3c2)cc1. The number of nitrogens with two attached hydrogens (primary N) is 1. The average Bonchev–Trinajstić information content (AvgIpc) is 3.07. The number of amides is 2. The fourth-order valence-electron chi connectivity index (χ4n) is 2.56. The number of hydrogen-bond donors (Lipinski definition) is 2. The van der Waals surface area contributed by atoms with E-state index in [0.29, 0.717) is 11.2 Å². The second kappa shape index (κ2) is 7.20. The van der Waals surface area contributed by atoms with E-state index in [1.54, 1.807) is 37.7 Å². The number of aromatic nitrogens is 2. The van der Waals surface area contributed by atoms with Crippen LogP contribution in [0.1, 0.15) is 15.9 Å². The molecule has 0 saturated carbocycles. The molecule has 132 valence electrons. The Morgan fingerprint density at radius 3 is 2.62 bits per heavy atom. The maximum atomic E-state index is 12.1. The zero-order valence-electron chi connectivity index (χ0n) is 14.4. The van der Waals surface area contributed by atoms with Crippen LogP contribution in [-0.2, 0) is 9.63 Å². The first-order chi connectivity index (χ1) is 12.5. The third kappa shape index (κ3) is 3.47. The Labute approximate surface area is 150 Å². The van der Waals surface area contributed by atoms with Gasteiger partial charge < -0.3 is 10.7 Å². The van der Waals surface area contributed by atoms with E-state index in [4.69, 9.17) is 10.6 Å². The molecule has 3 aromatic rings. The number of nitrogens with one attached hydrogen (secondary N) is 1. The standard InChI is InChI=1S/C19H18N4O3/c1-23(26-2)19(25)13-5-3-12(4-6-13)15-9-16-14(7-8-17(20)24)10-21-18(16)22-11-15/h3-11H,1-2H3,(H2,20,24)(H,21,22). The van der Waals surface area contributed by atoms with Gasteiger partial charge in [0.05, 0.1) is 7.11 Å². The predicted molar refractivity (Wildman–Crippen MR) is 98.9 cm³/mol. The molecule has 2 aromatic heterocycles. The van der Waals surface area contributed by atoms with Crippen LogP contribution in [0.25, 0.3) is 28.2 Å². The molecule has 26 heavy (non-hydrogen) atoms. The van der Waals surface area contributed by atoms with Crippen LogP contribution in [0.5, 0.6) is 0 Å². The van der Waals surface area contributed by atoms with Crippen LogP contribution in [0.2, 0.25) is 0 Å². The summed E-state index contributed by atoms with van der Waals surface area (Å²) in [5.41, 5.74) is 9.03. The Hall–Kier alpha value is -3.45. The summed E-state index contributed by atoms with van der Waals surface area (Å²) in [6.45, 7) is 0. The number of nitrogens with zero attached hydrogens (tertiary/aromatic N) is 2. The van der Waals surface area contributed by atoms with E-state index in [2.05, 4.69) is 9.97 Å². The van der Waals surface area contributed by atoms with E-state index in [1.165, 1.54) is 18.2 Å². The predicted octanol–water partition coefficient (Wildman–Crippen LogP) is 2.36. The van der Waals surface area contributed by atoms with Crippen molar-refractivity contribution in [3.63, 3.8) is 0 Å². The second-order valence-corrected chi connectivity index (χ2v) is 5.66. The molecular weight excluding hydrogens is 332 g/mol. The fourth-order valence-corrected chi connectivity index (χ4v) is 2.56. The molecule has 0 spiro atoms. The minimum atomic E-state index is -0.509. The molecule has 3 N–H and O–H groups in total. The Kier molecular flexibility index (Phi) is 4.81. The number of pyridine rings is 1. The molecule has 2 amide bonds. The van der Waals surface area contributed by atoms with Crippen LogP contribution in [0.4, 0.5) is 0 Å². The lowest BCUT2D eigenvalue weighted by Gasteiger charge is -2.13. The number of primary amides is 1. The molecule has 0 aliphatic rings. The van der Waals surface area contributed by atoms with Gasteiger partial charge in [-0.1, -0.05) is 12.1 Å². The van der Waals surface area contributed by atoms with Crippen LogP contribution >= 0.6 is 0 Å². The molecule has 2 heterocycles. The van der Waals surface area contributed by atoms with Crippen LogP contribution < -0.4 is 5.73 Å². The van der Waals surface area contributed by atoms with Crippen LogP contribution in [0, 0.1) is 0 Å². The summed E-state index contributed by atoms with van der Waals surface area (Å²) in [5.74, 6) is -0.734. The summed E-state index contributed by atoms with van der Waals surface area (Å²) >= 11 is 0. The molecule has 0 aliphatic heterocycles. The van der Waals surface area contributed by atoms with Crippen molar-refractivity contribution in [2.24, 2.45) is 5.73 Å². The number of benzene rings is 1. The Balaban J connectivity index is 1.94. The normalized spacial score (nSPS) is 11.2. The summed E-state index contributed by atoms with van der Waals surface area (Å²) < 4.78 is 0. The minimum absolute atomic E-state index is 0.225. The van der Waals surface area contributed by atoms with Gasteiger partial charge in [-0.2, -0.15) is 0 Å². The molecule has 0 radical (unpaired) electrons. The number of hydrogen-bond acceptors (Lipinski definition) is 4. The number of hydroxylamine groups is 2. The molecule has 1 aromatic carbocycles. The average molecular weight is 350 g/mol. The van der Waals surface area contributed by atoms with Gasteiger partial charge in [-0.15, -0.1) is 0 Å². The van der Waals surface area contributed by atoms with Gasteiger partial charge in [0.25, 0.3) is 5.91 Å². The first kappa shape index (κ1) is 17.4. The Bertz CT molecular complexity index is 990. The van der Waals surface area contributed by atoms with Gasteiger partial charge in [-0.25, -0.2) is 10.0 Å². The zero-order chi connectivity index (χ0) is 18.7. The highest BCUT2D eigenvalue weighted by atomic mass is 16.7. The maximum Gasteiger partial charge on any atom is 0.277 e. The molecule has 0 bridgehead atoms. The molecule has 0 aliphatic carbocycles. The van der Waals surface area contributed by atoms with Gasteiger partial charge >= 0.3 is 0 Å². The third-order valence-corrected chi connectivity index (χ3v) is 4.02. The van der Waals surface area contributed by atoms with Crippen molar-refractivity contribution < 1.29 is 14.4 Å². The lowest BCUT2D eigenvalue weighted by molar-refractivity contribution is -0.113. The third-order valence-electron chi connectivity index (χ3n) is 4.02. The summed E-state index contributed by atoms with van der Waals surface area (Å²) in [7, 11) is 3.00. The number of rotatable bonds is 5. The number of carbonyl (C=O) groups is 2. The molecule has 0 fully saturated rings. The minimum Gasteiger partial charge on any atom is -0.366 e. The largest absolute Gasteiger partial charge is 0.366 e. The number of fused-ring (bicyclic) bond motifs is 1. The van der Waals surface area contributed by atoms with E-state index in [-0.39, 0.29) is 5.91 Å². The highest BCUT2D eigenvalue weighted by Crippen LogP contribution is 2.25. The first-order valence-electron chi connectivity index (χ1n) is 7.87. The quantitative estimate of drug-likeness (QED) is 0.545. The highest BCUT2D eigenvalue weighted by Gasteiger charge is 2.11. The van der Waals surface area contributed by atoms with E-state index in [0.717, 1.165) is 22.1 Å². The first-order valence-corrected chi connectivity index (χ1v) is 7.87. The topological polar surface area (TPSA) is 101 Å². The molecule has 0 unspecified atom stereocenters. The van der Waals surface area contributed by atoms with Crippen LogP contribution in [0.3, 0.4) is 0 Å². The van der Waals surface area contributed by atoms with Gasteiger partial charge in [0.1, 0.15) is 5.65 Å². The zero-order valence-corrected chi connectivity index (χ0v) is 14.4. The fraction of sp³-hybridized carbons (Fsp3) is 0.105. The Morgan fingerprint density at radius 1 is 1.23 bits per heavy atom. The van der Waals surface area contributed by atoms with Crippen molar-refractivity contribution in [3.8, 4) is 11.1 Å². The number of carbonyl (C=O) groups excluding carboxylic acids is 2. The van der Waals surface area contributed by atoms with Crippen LogP contribution in [-0.4, -0.2) is 41.0 Å². The van der Waals surface area contributed by atoms with Crippen molar-refractivity contribution in [1.82, 2.24) is 15.0 Å². The summed E-state index contributed by atoms with van der Waals surface area (Å²) in [6.07, 6.45) is 6.47. The van der Waals surface area contributed by atoms with Crippen molar-refractivity contribution in [2.75, 3.05) is 14.2 Å². The number of aromatic amines is 1.